The fraction of sp³-hybridized carbons (Fsp3) is 0.250. The summed E-state index contributed by atoms with van der Waals surface area (Å²) in [6, 6.07) is 10.6. The van der Waals surface area contributed by atoms with Gasteiger partial charge in [0.1, 0.15) is 12.4 Å². The molecule has 0 spiro atoms. The monoisotopic (exact) mass is 266 g/mol. The standard InChI is InChI=1S/C12H15N2.BrH/c1-13-9-10-14(11-13)8-7-12-5-3-2-4-6-12;/h2-6,9-11H,7-8H2,1H3;1H/q+1;/p-1. The molecule has 2 nitrogen and oxygen atoms in total. The average molecular weight is 267 g/mol. The van der Waals surface area contributed by atoms with Crippen molar-refractivity contribution in [3.8, 4) is 0 Å². The average Bonchev–Trinajstić information content (AvgIpc) is 2.63. The summed E-state index contributed by atoms with van der Waals surface area (Å²) in [4.78, 5) is 0. The molecule has 1 aromatic carbocycles. The number of halogens is 1. The quantitative estimate of drug-likeness (QED) is 0.602. The van der Waals surface area contributed by atoms with Gasteiger partial charge < -0.3 is 17.0 Å². The molecule has 80 valence electrons. The minimum Gasteiger partial charge on any atom is -1.00 e. The molecule has 0 N–H and O–H groups in total. The summed E-state index contributed by atoms with van der Waals surface area (Å²) in [5, 5.41) is 0. The lowest BCUT2D eigenvalue weighted by molar-refractivity contribution is -0.671. The molecular formula is C12H15BrN2. The van der Waals surface area contributed by atoms with Gasteiger partial charge in [0.25, 0.3) is 0 Å². The highest BCUT2D eigenvalue weighted by Gasteiger charge is 1.99. The molecule has 1 aromatic heterocycles. The Morgan fingerprint density at radius 3 is 2.53 bits per heavy atom. The van der Waals surface area contributed by atoms with Gasteiger partial charge in [0.05, 0.1) is 13.6 Å². The van der Waals surface area contributed by atoms with Gasteiger partial charge in [-0.25, -0.2) is 9.13 Å². The summed E-state index contributed by atoms with van der Waals surface area (Å²) < 4.78 is 4.26. The van der Waals surface area contributed by atoms with E-state index in [4.69, 9.17) is 0 Å². The molecule has 0 aliphatic heterocycles. The first-order valence-corrected chi connectivity index (χ1v) is 4.89. The van der Waals surface area contributed by atoms with E-state index in [1.807, 2.05) is 7.05 Å². The molecule has 0 atom stereocenters. The van der Waals surface area contributed by atoms with Gasteiger partial charge in [-0.3, -0.25) is 0 Å². The van der Waals surface area contributed by atoms with Crippen molar-refractivity contribution in [1.82, 2.24) is 4.57 Å². The van der Waals surface area contributed by atoms with Crippen LogP contribution in [0.1, 0.15) is 5.56 Å². The smallest absolute Gasteiger partial charge is 0.243 e. The van der Waals surface area contributed by atoms with Crippen molar-refractivity contribution >= 4 is 0 Å². The van der Waals surface area contributed by atoms with E-state index in [-0.39, 0.29) is 17.0 Å². The lowest BCUT2D eigenvalue weighted by atomic mass is 10.1. The van der Waals surface area contributed by atoms with E-state index in [0.717, 1.165) is 13.0 Å². The molecule has 0 bridgehead atoms. The lowest BCUT2D eigenvalue weighted by Gasteiger charge is -1.97. The Hall–Kier alpha value is -1.09. The summed E-state index contributed by atoms with van der Waals surface area (Å²) in [6.07, 6.45) is 7.35. The van der Waals surface area contributed by atoms with Crippen molar-refractivity contribution < 1.29 is 21.5 Å². The molecule has 3 heteroatoms. The molecule has 0 aliphatic rings. The zero-order valence-electron chi connectivity index (χ0n) is 8.81. The first kappa shape index (κ1) is 12.0. The summed E-state index contributed by atoms with van der Waals surface area (Å²) >= 11 is 0. The van der Waals surface area contributed by atoms with Crippen LogP contribution >= 0.6 is 0 Å². The van der Waals surface area contributed by atoms with Crippen molar-refractivity contribution in [3.05, 3.63) is 54.6 Å². The number of hydrogen-bond acceptors (Lipinski definition) is 0. The molecule has 0 radical (unpaired) electrons. The minimum atomic E-state index is 0. The number of nitrogens with zero attached hydrogens (tertiary/aromatic N) is 2. The highest BCUT2D eigenvalue weighted by molar-refractivity contribution is 5.14. The Balaban J connectivity index is 0.00000112. The third-order valence-electron chi connectivity index (χ3n) is 2.33. The molecule has 0 saturated heterocycles. The van der Waals surface area contributed by atoms with E-state index in [9.17, 15) is 0 Å². The van der Waals surface area contributed by atoms with Gasteiger partial charge in [-0.1, -0.05) is 30.3 Å². The first-order chi connectivity index (χ1) is 6.84. The second-order valence-electron chi connectivity index (χ2n) is 3.55. The largest absolute Gasteiger partial charge is 1.00 e. The number of hydrogen-bond donors (Lipinski definition) is 0. The third-order valence-corrected chi connectivity index (χ3v) is 2.33. The fourth-order valence-electron chi connectivity index (χ4n) is 1.54. The second kappa shape index (κ2) is 5.71. The van der Waals surface area contributed by atoms with Crippen LogP contribution in [-0.2, 0) is 20.0 Å². The second-order valence-corrected chi connectivity index (χ2v) is 3.55. The summed E-state index contributed by atoms with van der Waals surface area (Å²) in [5.41, 5.74) is 1.39. The maximum atomic E-state index is 2.20. The van der Waals surface area contributed by atoms with E-state index in [2.05, 4.69) is 58.2 Å². The van der Waals surface area contributed by atoms with Gasteiger partial charge in [0, 0.05) is 6.42 Å². The predicted molar refractivity (Wildman–Crippen MR) is 55.8 cm³/mol. The normalized spacial score (nSPS) is 9.67. The summed E-state index contributed by atoms with van der Waals surface area (Å²) in [6.45, 7) is 1.05. The third kappa shape index (κ3) is 3.51. The molecule has 0 unspecified atom stereocenters. The maximum Gasteiger partial charge on any atom is 0.243 e. The van der Waals surface area contributed by atoms with E-state index in [1.165, 1.54) is 5.56 Å². The molecule has 0 fully saturated rings. The van der Waals surface area contributed by atoms with Gasteiger partial charge in [-0.15, -0.1) is 0 Å². The zero-order chi connectivity index (χ0) is 9.80. The van der Waals surface area contributed by atoms with Gasteiger partial charge in [0.15, 0.2) is 0 Å². The van der Waals surface area contributed by atoms with E-state index >= 15 is 0 Å². The number of imidazole rings is 1. The van der Waals surface area contributed by atoms with Crippen LogP contribution < -0.4 is 21.5 Å². The summed E-state index contributed by atoms with van der Waals surface area (Å²) in [7, 11) is 2.04. The van der Waals surface area contributed by atoms with E-state index < -0.39 is 0 Å². The highest BCUT2D eigenvalue weighted by Crippen LogP contribution is 2.00. The zero-order valence-corrected chi connectivity index (χ0v) is 10.4. The Morgan fingerprint density at radius 1 is 1.20 bits per heavy atom. The number of aromatic nitrogens is 2. The topological polar surface area (TPSA) is 8.81 Å². The van der Waals surface area contributed by atoms with Crippen LogP contribution in [0.2, 0.25) is 0 Å². The van der Waals surface area contributed by atoms with Gasteiger partial charge >= 0.3 is 0 Å². The molecule has 2 aromatic rings. The highest BCUT2D eigenvalue weighted by atomic mass is 79.9. The number of benzene rings is 1. The minimum absolute atomic E-state index is 0. The first-order valence-electron chi connectivity index (χ1n) is 4.89. The van der Waals surface area contributed by atoms with Crippen molar-refractivity contribution in [2.24, 2.45) is 7.05 Å². The van der Waals surface area contributed by atoms with Crippen LogP contribution in [0.15, 0.2) is 49.1 Å². The summed E-state index contributed by atoms with van der Waals surface area (Å²) in [5.74, 6) is 0. The van der Waals surface area contributed by atoms with E-state index in [0.29, 0.717) is 0 Å². The van der Waals surface area contributed by atoms with Crippen LogP contribution in [0.3, 0.4) is 0 Å². The Morgan fingerprint density at radius 2 is 1.93 bits per heavy atom. The van der Waals surface area contributed by atoms with Crippen molar-refractivity contribution in [3.63, 3.8) is 0 Å². The Kier molecular flexibility index (Phi) is 4.56. The molecule has 0 amide bonds. The molecular weight excluding hydrogens is 252 g/mol. The van der Waals surface area contributed by atoms with Gasteiger partial charge in [-0.05, 0) is 5.56 Å². The van der Waals surface area contributed by atoms with Crippen LogP contribution in [0.5, 0.6) is 0 Å². The molecule has 1 heterocycles. The fourth-order valence-corrected chi connectivity index (χ4v) is 1.54. The van der Waals surface area contributed by atoms with Gasteiger partial charge in [-0.2, -0.15) is 0 Å². The van der Waals surface area contributed by atoms with Crippen LogP contribution in [0.4, 0.5) is 0 Å². The van der Waals surface area contributed by atoms with E-state index in [1.54, 1.807) is 0 Å². The van der Waals surface area contributed by atoms with Crippen molar-refractivity contribution in [2.75, 3.05) is 0 Å². The Labute approximate surface area is 101 Å². The predicted octanol–water partition coefficient (Wildman–Crippen LogP) is -1.44. The molecule has 0 aliphatic carbocycles. The maximum absolute atomic E-state index is 2.20. The Bertz CT molecular complexity index is 395. The van der Waals surface area contributed by atoms with Crippen LogP contribution in [0.25, 0.3) is 0 Å². The molecule has 15 heavy (non-hydrogen) atoms. The van der Waals surface area contributed by atoms with Crippen LogP contribution in [0, 0.1) is 0 Å². The lowest BCUT2D eigenvalue weighted by Crippen LogP contribution is -3.00. The number of rotatable bonds is 3. The van der Waals surface area contributed by atoms with Gasteiger partial charge in [0.2, 0.25) is 6.33 Å². The number of aryl methyl sites for hydroxylation is 3. The van der Waals surface area contributed by atoms with Crippen LogP contribution in [-0.4, -0.2) is 4.57 Å². The molecule has 2 rings (SSSR count). The van der Waals surface area contributed by atoms with Crippen molar-refractivity contribution in [1.29, 1.82) is 0 Å². The SMILES string of the molecule is C[n+]1ccn(CCc2ccccc2)c1.[Br-]. The molecule has 0 saturated carbocycles. The van der Waals surface area contributed by atoms with Crippen molar-refractivity contribution in [2.45, 2.75) is 13.0 Å².